The Bertz CT molecular complexity index is 1140. The van der Waals surface area contributed by atoms with E-state index in [-0.39, 0.29) is 29.7 Å². The lowest BCUT2D eigenvalue weighted by molar-refractivity contribution is -0.0891. The molecule has 1 fully saturated rings. The molecule has 9 heteroatoms. The zero-order chi connectivity index (χ0) is 27.8. The number of rotatable bonds is 7. The van der Waals surface area contributed by atoms with Crippen LogP contribution in [-0.2, 0) is 12.0 Å². The second kappa shape index (κ2) is 10.4. The molecule has 1 aromatic heterocycles. The smallest absolute Gasteiger partial charge is 0.456 e. The summed E-state index contributed by atoms with van der Waals surface area (Å²) in [6.45, 7) is 12.7. The average Bonchev–Trinajstić information content (AvgIpc) is 3.20. The Morgan fingerprint density at radius 2 is 1.65 bits per heavy atom. The lowest BCUT2D eigenvalue weighted by Crippen LogP contribution is -2.45. The van der Waals surface area contributed by atoms with Gasteiger partial charge in [-0.05, 0) is 62.4 Å². The van der Waals surface area contributed by atoms with Crippen LogP contribution in [-0.4, -0.2) is 53.6 Å². The molecule has 1 saturated heterocycles. The first-order valence-corrected chi connectivity index (χ1v) is 12.5. The standard InChI is InChI=1S/C28H37F3N2O4/c1-18(2)37-21-10-8-19(16-22(21)36-7)25(35)32-14-12-27(6,13-15-32)23-11-9-20(24(34)28(29,30)31)33(23)17-26(3,4)5/h8-11,16,18H,12-15,17H2,1-7H3. The Hall–Kier alpha value is -2.97. The lowest BCUT2D eigenvalue weighted by Gasteiger charge is -2.41. The van der Waals surface area contributed by atoms with Crippen LogP contribution in [0.2, 0.25) is 0 Å². The number of carbonyl (C=O) groups is 2. The van der Waals surface area contributed by atoms with E-state index in [9.17, 15) is 22.8 Å². The molecule has 0 bridgehead atoms. The largest absolute Gasteiger partial charge is 0.493 e. The summed E-state index contributed by atoms with van der Waals surface area (Å²) >= 11 is 0. The van der Waals surface area contributed by atoms with E-state index in [1.165, 1.54) is 17.7 Å². The molecule has 0 unspecified atom stereocenters. The van der Waals surface area contributed by atoms with Gasteiger partial charge in [-0.25, -0.2) is 0 Å². The van der Waals surface area contributed by atoms with Crippen LogP contribution >= 0.6 is 0 Å². The fraction of sp³-hybridized carbons (Fsp3) is 0.571. The molecule has 37 heavy (non-hydrogen) atoms. The van der Waals surface area contributed by atoms with Crippen molar-refractivity contribution >= 4 is 11.7 Å². The van der Waals surface area contributed by atoms with Gasteiger partial charge in [0.15, 0.2) is 11.5 Å². The molecule has 204 valence electrons. The van der Waals surface area contributed by atoms with E-state index in [0.717, 1.165) is 0 Å². The molecular formula is C28H37F3N2O4. The molecule has 0 aliphatic carbocycles. The summed E-state index contributed by atoms with van der Waals surface area (Å²) in [6.07, 6.45) is -3.88. The normalized spacial score (nSPS) is 16.1. The maximum atomic E-state index is 13.3. The number of methoxy groups -OCH3 is 1. The van der Waals surface area contributed by atoms with Gasteiger partial charge in [-0.1, -0.05) is 27.7 Å². The number of amides is 1. The molecule has 0 N–H and O–H groups in total. The van der Waals surface area contributed by atoms with E-state index in [1.54, 1.807) is 29.2 Å². The summed E-state index contributed by atoms with van der Waals surface area (Å²) in [5.41, 5.74) is 0.00254. The minimum Gasteiger partial charge on any atom is -0.493 e. The van der Waals surface area contributed by atoms with Crippen molar-refractivity contribution in [3.63, 3.8) is 0 Å². The number of aromatic nitrogens is 1. The topological polar surface area (TPSA) is 60.8 Å². The molecule has 0 radical (unpaired) electrons. The number of hydrogen-bond donors (Lipinski definition) is 0. The maximum Gasteiger partial charge on any atom is 0.456 e. The first kappa shape index (κ1) is 28.6. The fourth-order valence-electron chi connectivity index (χ4n) is 4.78. The summed E-state index contributed by atoms with van der Waals surface area (Å²) in [6, 6.07) is 8.02. The van der Waals surface area contributed by atoms with Gasteiger partial charge in [-0.3, -0.25) is 9.59 Å². The first-order chi connectivity index (χ1) is 17.1. The number of Topliss-reactive ketones (excluding diaryl/α,β-unsaturated/α-hetero) is 1. The van der Waals surface area contributed by atoms with Crippen molar-refractivity contribution in [2.24, 2.45) is 5.41 Å². The van der Waals surface area contributed by atoms with Gasteiger partial charge < -0.3 is 18.9 Å². The number of ketones is 1. The summed E-state index contributed by atoms with van der Waals surface area (Å²) in [7, 11) is 1.52. The SMILES string of the molecule is COc1cc(C(=O)N2CCC(C)(c3ccc(C(=O)C(F)(F)F)n3CC(C)(C)C)CC2)ccc1OC(C)C. The van der Waals surface area contributed by atoms with Crippen LogP contribution in [0.15, 0.2) is 30.3 Å². The van der Waals surface area contributed by atoms with E-state index in [0.29, 0.717) is 48.7 Å². The van der Waals surface area contributed by atoms with Crippen molar-refractivity contribution in [1.29, 1.82) is 0 Å². The second-order valence-corrected chi connectivity index (χ2v) is 11.5. The van der Waals surface area contributed by atoms with Crippen molar-refractivity contribution in [1.82, 2.24) is 9.47 Å². The number of nitrogens with zero attached hydrogens (tertiary/aromatic N) is 2. The third-order valence-corrected chi connectivity index (χ3v) is 6.65. The molecule has 6 nitrogen and oxygen atoms in total. The van der Waals surface area contributed by atoms with Crippen LogP contribution < -0.4 is 9.47 Å². The van der Waals surface area contributed by atoms with Gasteiger partial charge in [-0.2, -0.15) is 13.2 Å². The van der Waals surface area contributed by atoms with Crippen LogP contribution in [0.25, 0.3) is 0 Å². The number of alkyl halides is 3. The number of hydrogen-bond acceptors (Lipinski definition) is 4. The van der Waals surface area contributed by atoms with Gasteiger partial charge in [0, 0.05) is 36.3 Å². The van der Waals surface area contributed by atoms with E-state index in [2.05, 4.69) is 0 Å². The van der Waals surface area contributed by atoms with E-state index < -0.39 is 17.4 Å². The van der Waals surface area contributed by atoms with Crippen LogP contribution in [0, 0.1) is 5.41 Å². The summed E-state index contributed by atoms with van der Waals surface area (Å²) < 4.78 is 52.6. The lowest BCUT2D eigenvalue weighted by atomic mass is 9.77. The highest BCUT2D eigenvalue weighted by atomic mass is 19.4. The molecule has 0 spiro atoms. The quantitative estimate of drug-likeness (QED) is 0.402. The van der Waals surface area contributed by atoms with E-state index in [4.69, 9.17) is 9.47 Å². The Labute approximate surface area is 216 Å². The molecule has 2 aromatic rings. The van der Waals surface area contributed by atoms with Crippen LogP contribution in [0.1, 0.15) is 80.9 Å². The molecule has 2 heterocycles. The third kappa shape index (κ3) is 6.48. The van der Waals surface area contributed by atoms with Gasteiger partial charge in [0.2, 0.25) is 0 Å². The number of halogens is 3. The zero-order valence-electron chi connectivity index (χ0n) is 22.7. The Kier molecular flexibility index (Phi) is 8.05. The second-order valence-electron chi connectivity index (χ2n) is 11.5. The molecule has 3 rings (SSSR count). The van der Waals surface area contributed by atoms with Gasteiger partial charge in [-0.15, -0.1) is 0 Å². The van der Waals surface area contributed by atoms with Gasteiger partial charge in [0.1, 0.15) is 0 Å². The zero-order valence-corrected chi connectivity index (χ0v) is 22.7. The predicted octanol–water partition coefficient (Wildman–Crippen LogP) is 6.27. The van der Waals surface area contributed by atoms with Crippen molar-refractivity contribution < 1.29 is 32.2 Å². The van der Waals surface area contributed by atoms with Crippen LogP contribution in [0.5, 0.6) is 11.5 Å². The molecule has 1 amide bonds. The first-order valence-electron chi connectivity index (χ1n) is 12.5. The number of ether oxygens (including phenoxy) is 2. The molecule has 1 aromatic carbocycles. The monoisotopic (exact) mass is 522 g/mol. The Balaban J connectivity index is 1.83. The molecular weight excluding hydrogens is 485 g/mol. The van der Waals surface area contributed by atoms with Crippen molar-refractivity contribution in [2.45, 2.75) is 78.6 Å². The molecule has 0 atom stereocenters. The summed E-state index contributed by atoms with van der Waals surface area (Å²) in [4.78, 5) is 27.2. The van der Waals surface area contributed by atoms with Gasteiger partial charge in [0.25, 0.3) is 11.7 Å². The Morgan fingerprint density at radius 3 is 2.16 bits per heavy atom. The fourth-order valence-corrected chi connectivity index (χ4v) is 4.78. The van der Waals surface area contributed by atoms with Crippen molar-refractivity contribution in [3.05, 3.63) is 47.3 Å². The van der Waals surface area contributed by atoms with E-state index >= 15 is 0 Å². The molecule has 0 saturated carbocycles. The summed E-state index contributed by atoms with van der Waals surface area (Å²) in [5.74, 6) is -0.945. The molecule has 1 aliphatic heterocycles. The van der Waals surface area contributed by atoms with Gasteiger partial charge >= 0.3 is 6.18 Å². The van der Waals surface area contributed by atoms with Crippen molar-refractivity contribution in [3.8, 4) is 11.5 Å². The third-order valence-electron chi connectivity index (χ3n) is 6.65. The van der Waals surface area contributed by atoms with Crippen LogP contribution in [0.3, 0.4) is 0 Å². The highest BCUT2D eigenvalue weighted by Crippen LogP contribution is 2.39. The van der Waals surface area contributed by atoms with Crippen LogP contribution in [0.4, 0.5) is 13.2 Å². The number of likely N-dealkylation sites (tertiary alicyclic amines) is 1. The number of benzene rings is 1. The van der Waals surface area contributed by atoms with Crippen molar-refractivity contribution in [2.75, 3.05) is 20.2 Å². The number of carbonyl (C=O) groups excluding carboxylic acids is 2. The Morgan fingerprint density at radius 1 is 1.03 bits per heavy atom. The summed E-state index contributed by atoms with van der Waals surface area (Å²) in [5, 5.41) is 0. The highest BCUT2D eigenvalue weighted by molar-refractivity contribution is 5.99. The van der Waals surface area contributed by atoms with Gasteiger partial charge in [0.05, 0.1) is 18.9 Å². The number of piperidine rings is 1. The highest BCUT2D eigenvalue weighted by Gasteiger charge is 2.43. The maximum absolute atomic E-state index is 13.3. The minimum atomic E-state index is -4.95. The minimum absolute atomic E-state index is 0.0422. The average molecular weight is 523 g/mol. The van der Waals surface area contributed by atoms with E-state index in [1.807, 2.05) is 41.5 Å². The molecule has 1 aliphatic rings. The predicted molar refractivity (Wildman–Crippen MR) is 136 cm³/mol.